The number of aliphatic hydroxyl groups excluding tert-OH is 1. The molecule has 0 atom stereocenters. The average Bonchev–Trinajstić information content (AvgIpc) is 1.61. The Labute approximate surface area is 50.2 Å². The van der Waals surface area contributed by atoms with Gasteiger partial charge in [0.15, 0.2) is 0 Å². The third-order valence-electron chi connectivity index (χ3n) is 0.542. The Kier molecular flexibility index (Phi) is 9.28. The second-order valence-electron chi connectivity index (χ2n) is 1.89. The van der Waals surface area contributed by atoms with Gasteiger partial charge in [-0.1, -0.05) is 13.8 Å². The third-order valence-corrected chi connectivity index (χ3v) is 0.542. The lowest BCUT2D eigenvalue weighted by molar-refractivity contribution is -0.0129. The fraction of sp³-hybridized carbons (Fsp3) is 1.00. The molecular formula is C5H15NO2. The van der Waals surface area contributed by atoms with E-state index in [1.165, 1.54) is 0 Å². The molecule has 0 aliphatic rings. The summed E-state index contributed by atoms with van der Waals surface area (Å²) in [5, 5.41) is 8.09. The Morgan fingerprint density at radius 3 is 2.12 bits per heavy atom. The second-order valence-corrected chi connectivity index (χ2v) is 1.89. The van der Waals surface area contributed by atoms with E-state index in [0.717, 1.165) is 0 Å². The van der Waals surface area contributed by atoms with Crippen molar-refractivity contribution in [2.75, 3.05) is 13.4 Å². The monoisotopic (exact) mass is 121 g/mol. The van der Waals surface area contributed by atoms with Gasteiger partial charge in [-0.25, -0.2) is 0 Å². The van der Waals surface area contributed by atoms with Crippen LogP contribution in [-0.4, -0.2) is 18.5 Å². The zero-order valence-corrected chi connectivity index (χ0v) is 5.55. The predicted octanol–water partition coefficient (Wildman–Crippen LogP) is 0.771. The quantitative estimate of drug-likeness (QED) is 0.542. The summed E-state index contributed by atoms with van der Waals surface area (Å²) in [7, 11) is 0. The normalized spacial score (nSPS) is 9.00. The van der Waals surface area contributed by atoms with Crippen molar-refractivity contribution >= 4 is 0 Å². The van der Waals surface area contributed by atoms with Gasteiger partial charge in [-0.3, -0.25) is 0 Å². The van der Waals surface area contributed by atoms with Gasteiger partial charge in [-0.15, -0.1) is 0 Å². The predicted molar refractivity (Wildman–Crippen MR) is 32.9 cm³/mol. The van der Waals surface area contributed by atoms with Crippen LogP contribution in [0.2, 0.25) is 0 Å². The Morgan fingerprint density at radius 1 is 1.50 bits per heavy atom. The molecule has 0 bridgehead atoms. The molecule has 52 valence electrons. The van der Waals surface area contributed by atoms with E-state index in [-0.39, 0.29) is 12.9 Å². The lowest BCUT2D eigenvalue weighted by atomic mass is 10.2. The standard InChI is InChI=1S/C5H12O2.H3N/c1-5(2)3-7-4-6;/h5-6H,3-4H2,1-2H3;1H3. The highest BCUT2D eigenvalue weighted by Gasteiger charge is 1.88. The van der Waals surface area contributed by atoms with Crippen molar-refractivity contribution in [3.63, 3.8) is 0 Å². The molecule has 0 amide bonds. The van der Waals surface area contributed by atoms with E-state index < -0.39 is 0 Å². The van der Waals surface area contributed by atoms with E-state index in [2.05, 4.69) is 4.74 Å². The van der Waals surface area contributed by atoms with Gasteiger partial charge in [0.25, 0.3) is 0 Å². The van der Waals surface area contributed by atoms with E-state index in [0.29, 0.717) is 12.5 Å². The van der Waals surface area contributed by atoms with Gasteiger partial charge in [0.05, 0.1) is 6.61 Å². The van der Waals surface area contributed by atoms with Crippen molar-refractivity contribution in [2.45, 2.75) is 13.8 Å². The summed E-state index contributed by atoms with van der Waals surface area (Å²) in [6.07, 6.45) is 0. The fourth-order valence-electron chi connectivity index (χ4n) is 0.288. The second kappa shape index (κ2) is 6.88. The molecule has 4 N–H and O–H groups in total. The van der Waals surface area contributed by atoms with E-state index in [9.17, 15) is 0 Å². The van der Waals surface area contributed by atoms with Crippen LogP contribution in [0.4, 0.5) is 0 Å². The topological polar surface area (TPSA) is 64.5 Å². The van der Waals surface area contributed by atoms with Crippen LogP contribution in [0.15, 0.2) is 0 Å². The number of hydrogen-bond donors (Lipinski definition) is 2. The molecule has 0 spiro atoms. The maximum Gasteiger partial charge on any atom is 0.143 e. The molecule has 0 aromatic rings. The highest BCUT2D eigenvalue weighted by molar-refractivity contribution is 4.35. The highest BCUT2D eigenvalue weighted by atomic mass is 16.6. The smallest absolute Gasteiger partial charge is 0.143 e. The molecule has 0 aromatic heterocycles. The first kappa shape index (κ1) is 10.8. The van der Waals surface area contributed by atoms with Gasteiger partial charge in [-0.2, -0.15) is 0 Å². The molecule has 0 saturated heterocycles. The lowest BCUT2D eigenvalue weighted by Gasteiger charge is -2.00. The van der Waals surface area contributed by atoms with Crippen LogP contribution in [0.3, 0.4) is 0 Å². The molecule has 0 unspecified atom stereocenters. The summed E-state index contributed by atoms with van der Waals surface area (Å²) < 4.78 is 4.65. The van der Waals surface area contributed by atoms with E-state index in [4.69, 9.17) is 5.11 Å². The van der Waals surface area contributed by atoms with E-state index in [1.54, 1.807) is 0 Å². The van der Waals surface area contributed by atoms with Crippen molar-refractivity contribution in [3.8, 4) is 0 Å². The molecule has 0 rings (SSSR count). The van der Waals surface area contributed by atoms with Crippen LogP contribution >= 0.6 is 0 Å². The van der Waals surface area contributed by atoms with Crippen LogP contribution in [-0.2, 0) is 4.74 Å². The lowest BCUT2D eigenvalue weighted by Crippen LogP contribution is -2.01. The van der Waals surface area contributed by atoms with Gasteiger partial charge in [0, 0.05) is 0 Å². The van der Waals surface area contributed by atoms with Crippen molar-refractivity contribution in [1.82, 2.24) is 6.15 Å². The minimum absolute atomic E-state index is 0. The van der Waals surface area contributed by atoms with Gasteiger partial charge >= 0.3 is 0 Å². The molecule has 8 heavy (non-hydrogen) atoms. The molecule has 3 nitrogen and oxygen atoms in total. The Balaban J connectivity index is 0. The van der Waals surface area contributed by atoms with E-state index in [1.807, 2.05) is 13.8 Å². The van der Waals surface area contributed by atoms with Crippen LogP contribution in [0.1, 0.15) is 13.8 Å². The Bertz CT molecular complexity index is 39.4. The molecular weight excluding hydrogens is 106 g/mol. The summed E-state index contributed by atoms with van der Waals surface area (Å²) in [5.74, 6) is 0.521. The zero-order valence-electron chi connectivity index (χ0n) is 5.55. The molecule has 3 heteroatoms. The Morgan fingerprint density at radius 2 is 2.00 bits per heavy atom. The van der Waals surface area contributed by atoms with Crippen LogP contribution < -0.4 is 6.15 Å². The van der Waals surface area contributed by atoms with Gasteiger partial charge < -0.3 is 16.0 Å². The molecule has 0 saturated carbocycles. The van der Waals surface area contributed by atoms with Gasteiger partial charge in [-0.05, 0) is 5.92 Å². The van der Waals surface area contributed by atoms with Crippen molar-refractivity contribution in [2.24, 2.45) is 5.92 Å². The van der Waals surface area contributed by atoms with Crippen LogP contribution in [0.5, 0.6) is 0 Å². The summed E-state index contributed by atoms with van der Waals surface area (Å²) in [5.41, 5.74) is 0. The van der Waals surface area contributed by atoms with Crippen molar-refractivity contribution in [1.29, 1.82) is 0 Å². The maximum atomic E-state index is 8.09. The molecule has 0 aromatic carbocycles. The maximum absolute atomic E-state index is 8.09. The highest BCUT2D eigenvalue weighted by Crippen LogP contribution is 1.89. The fourth-order valence-corrected chi connectivity index (χ4v) is 0.288. The van der Waals surface area contributed by atoms with Gasteiger partial charge in [0.2, 0.25) is 0 Å². The number of aliphatic hydroxyl groups is 1. The van der Waals surface area contributed by atoms with Crippen molar-refractivity contribution in [3.05, 3.63) is 0 Å². The minimum atomic E-state index is -0.155. The molecule has 0 aliphatic heterocycles. The Hall–Kier alpha value is -0.120. The molecule has 0 heterocycles. The number of hydrogen-bond acceptors (Lipinski definition) is 3. The van der Waals surface area contributed by atoms with Gasteiger partial charge in [0.1, 0.15) is 6.79 Å². The number of ether oxygens (including phenoxy) is 1. The SMILES string of the molecule is CC(C)COCO.N. The first-order chi connectivity index (χ1) is 3.27. The number of rotatable bonds is 3. The van der Waals surface area contributed by atoms with E-state index >= 15 is 0 Å². The third kappa shape index (κ3) is 9.30. The summed E-state index contributed by atoms with van der Waals surface area (Å²) in [6, 6.07) is 0. The van der Waals surface area contributed by atoms with Crippen LogP contribution in [0.25, 0.3) is 0 Å². The minimum Gasteiger partial charge on any atom is -0.371 e. The molecule has 0 aliphatic carbocycles. The average molecular weight is 121 g/mol. The van der Waals surface area contributed by atoms with Crippen molar-refractivity contribution < 1.29 is 9.84 Å². The first-order valence-corrected chi connectivity index (χ1v) is 2.46. The zero-order chi connectivity index (χ0) is 5.70. The summed E-state index contributed by atoms with van der Waals surface area (Å²) >= 11 is 0. The molecule has 0 fully saturated rings. The largest absolute Gasteiger partial charge is 0.371 e. The summed E-state index contributed by atoms with van der Waals surface area (Å²) in [4.78, 5) is 0. The molecule has 0 radical (unpaired) electrons. The first-order valence-electron chi connectivity index (χ1n) is 2.46. The van der Waals surface area contributed by atoms with Crippen LogP contribution in [0, 0.1) is 5.92 Å². The summed E-state index contributed by atoms with van der Waals surface area (Å²) in [6.45, 7) is 4.57.